The summed E-state index contributed by atoms with van der Waals surface area (Å²) in [5.74, 6) is -1.19. The predicted molar refractivity (Wildman–Crippen MR) is 139 cm³/mol. The molecule has 2 atom stereocenters. The van der Waals surface area contributed by atoms with Crippen molar-refractivity contribution in [2.24, 2.45) is 0 Å². The number of para-hydroxylation sites is 1. The number of nitrogens with one attached hydrogen (secondary N) is 5. The standard InChI is InChI=1S/C27H31N5O5/c1-17(33)31-25(13-19-16-29-23-6-4-3-5-22(19)23)27(36)32-24(12-9-20(34)14-28)26(35)30-15-18-7-10-21(37-2)11-8-18/h3-8,10-11,14,16,24-25,28-29H,9,12-13,15H2,1-2H3,(H,30,35)(H,31,33)(H,32,36)/t24-,25-/m0/s1. The van der Waals surface area contributed by atoms with Gasteiger partial charge in [0.25, 0.3) is 0 Å². The zero-order valence-corrected chi connectivity index (χ0v) is 20.8. The van der Waals surface area contributed by atoms with Gasteiger partial charge >= 0.3 is 0 Å². The second kappa shape index (κ2) is 13.0. The number of carbonyl (C=O) groups excluding carboxylic acids is 4. The Labute approximate surface area is 214 Å². The van der Waals surface area contributed by atoms with E-state index in [4.69, 9.17) is 10.1 Å². The first-order chi connectivity index (χ1) is 17.8. The van der Waals surface area contributed by atoms with Gasteiger partial charge in [-0.15, -0.1) is 0 Å². The van der Waals surface area contributed by atoms with Gasteiger partial charge in [-0.2, -0.15) is 0 Å². The summed E-state index contributed by atoms with van der Waals surface area (Å²) in [6, 6.07) is 12.8. The Bertz CT molecular complexity index is 1270. The molecule has 3 rings (SSSR count). The van der Waals surface area contributed by atoms with Crippen LogP contribution in [0.2, 0.25) is 0 Å². The number of methoxy groups -OCH3 is 1. The number of hydrogen-bond donors (Lipinski definition) is 5. The number of amides is 3. The lowest BCUT2D eigenvalue weighted by molar-refractivity contribution is -0.132. The van der Waals surface area contributed by atoms with Crippen LogP contribution in [0.4, 0.5) is 0 Å². The molecule has 0 spiro atoms. The number of Topliss-reactive ketones (excluding diaryl/α,β-unsaturated/α-hetero) is 1. The number of aromatic nitrogens is 1. The smallest absolute Gasteiger partial charge is 0.243 e. The summed E-state index contributed by atoms with van der Waals surface area (Å²) in [6.07, 6.45) is 2.60. The van der Waals surface area contributed by atoms with Gasteiger partial charge in [0.1, 0.15) is 17.8 Å². The van der Waals surface area contributed by atoms with Gasteiger partial charge in [0.15, 0.2) is 5.78 Å². The second-order valence-corrected chi connectivity index (χ2v) is 8.59. The molecule has 10 nitrogen and oxygen atoms in total. The minimum absolute atomic E-state index is 0.00821. The molecule has 2 aromatic carbocycles. The van der Waals surface area contributed by atoms with Crippen molar-refractivity contribution in [3.63, 3.8) is 0 Å². The van der Waals surface area contributed by atoms with Crippen LogP contribution in [0.5, 0.6) is 5.75 Å². The molecule has 3 aromatic rings. The van der Waals surface area contributed by atoms with Gasteiger partial charge in [0.05, 0.1) is 13.3 Å². The normalized spacial score (nSPS) is 12.3. The van der Waals surface area contributed by atoms with Crippen molar-refractivity contribution < 1.29 is 23.9 Å². The Morgan fingerprint density at radius 2 is 1.73 bits per heavy atom. The zero-order valence-electron chi connectivity index (χ0n) is 20.8. The molecule has 194 valence electrons. The highest BCUT2D eigenvalue weighted by Gasteiger charge is 2.27. The summed E-state index contributed by atoms with van der Waals surface area (Å²) in [7, 11) is 1.56. The fraction of sp³-hybridized carbons (Fsp3) is 0.296. The first-order valence-corrected chi connectivity index (χ1v) is 11.9. The summed E-state index contributed by atoms with van der Waals surface area (Å²) >= 11 is 0. The van der Waals surface area contributed by atoms with Crippen molar-refractivity contribution in [3.8, 4) is 5.75 Å². The van der Waals surface area contributed by atoms with Crippen LogP contribution in [0.25, 0.3) is 10.9 Å². The van der Waals surface area contributed by atoms with E-state index in [1.165, 1.54) is 6.92 Å². The summed E-state index contributed by atoms with van der Waals surface area (Å²) < 4.78 is 5.14. The molecule has 0 unspecified atom stereocenters. The maximum atomic E-state index is 13.3. The largest absolute Gasteiger partial charge is 0.497 e. The average molecular weight is 506 g/mol. The molecular formula is C27H31N5O5. The Balaban J connectivity index is 1.73. The lowest BCUT2D eigenvalue weighted by Crippen LogP contribution is -2.54. The van der Waals surface area contributed by atoms with Gasteiger partial charge in [-0.05, 0) is 35.7 Å². The van der Waals surface area contributed by atoms with E-state index in [-0.39, 0.29) is 31.7 Å². The molecule has 0 radical (unpaired) electrons. The van der Waals surface area contributed by atoms with Crippen LogP contribution in [0.3, 0.4) is 0 Å². The SMILES string of the molecule is COc1ccc(CNC(=O)[C@H](CCC(=O)C=N)NC(=O)[C@H](Cc2c[nH]c3ccccc23)NC(C)=O)cc1. The molecule has 10 heteroatoms. The van der Waals surface area contributed by atoms with Gasteiger partial charge in [0.2, 0.25) is 17.7 Å². The van der Waals surface area contributed by atoms with Crippen LogP contribution >= 0.6 is 0 Å². The first-order valence-electron chi connectivity index (χ1n) is 11.9. The number of ether oxygens (including phenoxy) is 1. The van der Waals surface area contributed by atoms with E-state index in [0.29, 0.717) is 12.0 Å². The van der Waals surface area contributed by atoms with E-state index in [9.17, 15) is 19.2 Å². The Hall–Kier alpha value is -4.47. The maximum Gasteiger partial charge on any atom is 0.243 e. The van der Waals surface area contributed by atoms with Crippen molar-refractivity contribution in [2.45, 2.75) is 44.8 Å². The molecule has 1 aromatic heterocycles. The third-order valence-corrected chi connectivity index (χ3v) is 5.89. The number of fused-ring (bicyclic) bond motifs is 1. The van der Waals surface area contributed by atoms with Crippen molar-refractivity contribution in [1.29, 1.82) is 5.41 Å². The van der Waals surface area contributed by atoms with E-state index in [1.54, 1.807) is 37.6 Å². The molecular weight excluding hydrogens is 474 g/mol. The number of carbonyl (C=O) groups is 4. The third-order valence-electron chi connectivity index (χ3n) is 5.89. The number of rotatable bonds is 13. The molecule has 0 aliphatic carbocycles. The lowest BCUT2D eigenvalue weighted by Gasteiger charge is -2.23. The van der Waals surface area contributed by atoms with Crippen LogP contribution in [-0.2, 0) is 32.1 Å². The Kier molecular flexibility index (Phi) is 9.54. The highest BCUT2D eigenvalue weighted by Crippen LogP contribution is 2.19. The average Bonchev–Trinajstić information content (AvgIpc) is 3.31. The number of aromatic amines is 1. The van der Waals surface area contributed by atoms with Gasteiger partial charge < -0.3 is 31.1 Å². The second-order valence-electron chi connectivity index (χ2n) is 8.59. The number of hydrogen-bond acceptors (Lipinski definition) is 6. The first kappa shape index (κ1) is 27.1. The minimum atomic E-state index is -1.03. The summed E-state index contributed by atoms with van der Waals surface area (Å²) in [6.45, 7) is 1.52. The van der Waals surface area contributed by atoms with E-state index in [0.717, 1.165) is 22.0 Å². The molecule has 0 saturated heterocycles. The van der Waals surface area contributed by atoms with Crippen LogP contribution in [0.1, 0.15) is 30.9 Å². The van der Waals surface area contributed by atoms with E-state index < -0.39 is 29.7 Å². The van der Waals surface area contributed by atoms with Gasteiger partial charge in [-0.1, -0.05) is 30.3 Å². The summed E-state index contributed by atoms with van der Waals surface area (Å²) in [4.78, 5) is 53.0. The molecule has 37 heavy (non-hydrogen) atoms. The van der Waals surface area contributed by atoms with Gasteiger partial charge in [-0.25, -0.2) is 0 Å². The monoisotopic (exact) mass is 505 g/mol. The molecule has 1 heterocycles. The molecule has 0 fully saturated rings. The van der Waals surface area contributed by atoms with Gasteiger partial charge in [0, 0.05) is 43.4 Å². The molecule has 5 N–H and O–H groups in total. The van der Waals surface area contributed by atoms with Crippen molar-refractivity contribution in [1.82, 2.24) is 20.9 Å². The number of ketones is 1. The number of H-pyrrole nitrogens is 1. The molecule has 0 aliphatic rings. The molecule has 0 saturated carbocycles. The van der Waals surface area contributed by atoms with Gasteiger partial charge in [-0.3, -0.25) is 19.2 Å². The molecule has 0 bridgehead atoms. The lowest BCUT2D eigenvalue weighted by atomic mass is 10.0. The fourth-order valence-corrected chi connectivity index (χ4v) is 3.93. The topological polar surface area (TPSA) is 153 Å². The molecule has 0 aliphatic heterocycles. The van der Waals surface area contributed by atoms with E-state index in [1.807, 2.05) is 24.3 Å². The number of benzene rings is 2. The minimum Gasteiger partial charge on any atom is -0.497 e. The van der Waals surface area contributed by atoms with E-state index in [2.05, 4.69) is 20.9 Å². The molecule has 3 amide bonds. The Morgan fingerprint density at radius 3 is 2.41 bits per heavy atom. The maximum absolute atomic E-state index is 13.3. The fourth-order valence-electron chi connectivity index (χ4n) is 3.93. The van der Waals surface area contributed by atoms with Crippen LogP contribution in [-0.4, -0.2) is 53.9 Å². The summed E-state index contributed by atoms with van der Waals surface area (Å²) in [5.41, 5.74) is 2.56. The van der Waals surface area contributed by atoms with Crippen molar-refractivity contribution in [3.05, 3.63) is 65.9 Å². The predicted octanol–water partition coefficient (Wildman–Crippen LogP) is 2.02. The highest BCUT2D eigenvalue weighted by atomic mass is 16.5. The van der Waals surface area contributed by atoms with Crippen molar-refractivity contribution in [2.75, 3.05) is 7.11 Å². The quantitative estimate of drug-likeness (QED) is 0.225. The van der Waals surface area contributed by atoms with Crippen LogP contribution in [0.15, 0.2) is 54.7 Å². The zero-order chi connectivity index (χ0) is 26.8. The van der Waals surface area contributed by atoms with Crippen LogP contribution in [0, 0.1) is 5.41 Å². The van der Waals surface area contributed by atoms with Crippen LogP contribution < -0.4 is 20.7 Å². The Morgan fingerprint density at radius 1 is 1.00 bits per heavy atom. The van der Waals surface area contributed by atoms with Crippen molar-refractivity contribution >= 4 is 40.6 Å². The highest BCUT2D eigenvalue weighted by molar-refractivity contribution is 6.26. The summed E-state index contributed by atoms with van der Waals surface area (Å²) in [5, 5.41) is 16.2. The van der Waals surface area contributed by atoms with E-state index >= 15 is 0 Å². The third kappa shape index (κ3) is 7.76.